The molecule has 2 aromatic carbocycles. The first-order valence-electron chi connectivity index (χ1n) is 9.38. The van der Waals surface area contributed by atoms with Crippen LogP contribution in [-0.2, 0) is 11.2 Å². The molecule has 0 atom stereocenters. The Morgan fingerprint density at radius 3 is 2.61 bits per heavy atom. The Balaban J connectivity index is 1.39. The van der Waals surface area contributed by atoms with Crippen molar-refractivity contribution >= 4 is 17.5 Å². The number of oxazole rings is 1. The Morgan fingerprint density at radius 2 is 1.82 bits per heavy atom. The molecule has 3 aromatic rings. The minimum absolute atomic E-state index is 0.0117. The first-order valence-corrected chi connectivity index (χ1v) is 9.38. The number of anilines is 1. The van der Waals surface area contributed by atoms with E-state index in [1.54, 1.807) is 24.3 Å². The molecule has 1 N–H and O–H groups in total. The van der Waals surface area contributed by atoms with Crippen molar-refractivity contribution in [2.75, 3.05) is 18.4 Å². The van der Waals surface area contributed by atoms with E-state index in [4.69, 9.17) is 4.42 Å². The van der Waals surface area contributed by atoms with E-state index in [2.05, 4.69) is 10.3 Å². The molecule has 28 heavy (non-hydrogen) atoms. The molecule has 0 spiro atoms. The number of likely N-dealkylation sites (tertiary alicyclic amines) is 1. The number of nitrogens with one attached hydrogen (secondary N) is 1. The molecule has 1 aliphatic rings. The third-order valence-electron chi connectivity index (χ3n) is 4.70. The summed E-state index contributed by atoms with van der Waals surface area (Å²) in [6, 6.07) is 16.6. The Hall–Kier alpha value is -3.41. The summed E-state index contributed by atoms with van der Waals surface area (Å²) in [5.74, 6) is 0.290. The second kappa shape index (κ2) is 8.08. The van der Waals surface area contributed by atoms with Crippen LogP contribution in [0.2, 0.25) is 0 Å². The molecular formula is C22H21N3O3. The van der Waals surface area contributed by atoms with Crippen LogP contribution in [0.3, 0.4) is 0 Å². The van der Waals surface area contributed by atoms with Crippen molar-refractivity contribution < 1.29 is 14.0 Å². The van der Waals surface area contributed by atoms with Crippen LogP contribution in [0.1, 0.15) is 28.9 Å². The number of amides is 2. The number of hydrogen-bond acceptors (Lipinski definition) is 4. The standard InChI is InChI=1S/C22H21N3O3/c26-20(14-19-15-28-21(24-19)16-7-2-1-3-8-16)23-18-10-6-9-17(13-18)22(27)25-11-4-5-12-25/h1-3,6-10,13,15H,4-5,11-12,14H2,(H,23,26). The molecule has 0 bridgehead atoms. The molecule has 1 aliphatic heterocycles. The fourth-order valence-corrected chi connectivity index (χ4v) is 3.30. The van der Waals surface area contributed by atoms with Gasteiger partial charge in [0.1, 0.15) is 6.26 Å². The molecule has 2 heterocycles. The highest BCUT2D eigenvalue weighted by Crippen LogP contribution is 2.19. The average Bonchev–Trinajstić information content (AvgIpc) is 3.40. The van der Waals surface area contributed by atoms with Crippen LogP contribution in [0.25, 0.3) is 11.5 Å². The summed E-state index contributed by atoms with van der Waals surface area (Å²) in [5, 5.41) is 2.83. The van der Waals surface area contributed by atoms with Gasteiger partial charge in [-0.15, -0.1) is 0 Å². The molecule has 142 valence electrons. The van der Waals surface area contributed by atoms with Gasteiger partial charge in [0.25, 0.3) is 5.91 Å². The van der Waals surface area contributed by atoms with Crippen LogP contribution in [-0.4, -0.2) is 34.8 Å². The summed E-state index contributed by atoms with van der Waals surface area (Å²) >= 11 is 0. The highest BCUT2D eigenvalue weighted by atomic mass is 16.3. The normalized spacial score (nSPS) is 13.5. The lowest BCUT2D eigenvalue weighted by Crippen LogP contribution is -2.27. The van der Waals surface area contributed by atoms with Gasteiger partial charge < -0.3 is 14.6 Å². The summed E-state index contributed by atoms with van der Waals surface area (Å²) in [5.41, 5.74) is 2.61. The van der Waals surface area contributed by atoms with Crippen LogP contribution in [0.15, 0.2) is 65.3 Å². The highest BCUT2D eigenvalue weighted by molar-refractivity contribution is 5.97. The quantitative estimate of drug-likeness (QED) is 0.737. The second-order valence-electron chi connectivity index (χ2n) is 6.82. The maximum Gasteiger partial charge on any atom is 0.253 e. The summed E-state index contributed by atoms with van der Waals surface area (Å²) in [6.07, 6.45) is 3.69. The smallest absolute Gasteiger partial charge is 0.253 e. The molecule has 0 radical (unpaired) electrons. The van der Waals surface area contributed by atoms with E-state index >= 15 is 0 Å². The van der Waals surface area contributed by atoms with Crippen molar-refractivity contribution in [3.63, 3.8) is 0 Å². The second-order valence-corrected chi connectivity index (χ2v) is 6.82. The molecule has 6 heteroatoms. The molecule has 0 unspecified atom stereocenters. The van der Waals surface area contributed by atoms with Gasteiger partial charge in [0, 0.05) is 29.9 Å². The third-order valence-corrected chi connectivity index (χ3v) is 4.70. The number of aromatic nitrogens is 1. The molecule has 1 saturated heterocycles. The Bertz CT molecular complexity index is 975. The zero-order valence-electron chi connectivity index (χ0n) is 15.4. The minimum Gasteiger partial charge on any atom is -0.444 e. The molecule has 1 aromatic heterocycles. The van der Waals surface area contributed by atoms with E-state index < -0.39 is 0 Å². The topological polar surface area (TPSA) is 75.4 Å². The average molecular weight is 375 g/mol. The molecule has 0 saturated carbocycles. The monoisotopic (exact) mass is 375 g/mol. The predicted octanol–water partition coefficient (Wildman–Crippen LogP) is 3.76. The van der Waals surface area contributed by atoms with Gasteiger partial charge in [0.2, 0.25) is 11.8 Å². The third kappa shape index (κ3) is 4.11. The van der Waals surface area contributed by atoms with Crippen molar-refractivity contribution in [3.05, 3.63) is 72.1 Å². The zero-order chi connectivity index (χ0) is 19.3. The lowest BCUT2D eigenvalue weighted by Gasteiger charge is -2.15. The van der Waals surface area contributed by atoms with E-state index in [1.165, 1.54) is 6.26 Å². The Morgan fingerprint density at radius 1 is 1.04 bits per heavy atom. The van der Waals surface area contributed by atoms with Gasteiger partial charge in [-0.25, -0.2) is 4.98 Å². The van der Waals surface area contributed by atoms with Gasteiger partial charge in [-0.3, -0.25) is 9.59 Å². The first-order chi connectivity index (χ1) is 13.7. The molecule has 6 nitrogen and oxygen atoms in total. The Labute approximate surface area is 163 Å². The van der Waals surface area contributed by atoms with Crippen LogP contribution in [0, 0.1) is 0 Å². The van der Waals surface area contributed by atoms with Gasteiger partial charge in [-0.05, 0) is 43.2 Å². The molecule has 1 fully saturated rings. The largest absolute Gasteiger partial charge is 0.444 e. The van der Waals surface area contributed by atoms with Crippen molar-refractivity contribution in [2.24, 2.45) is 0 Å². The van der Waals surface area contributed by atoms with Gasteiger partial charge in [0.05, 0.1) is 12.1 Å². The van der Waals surface area contributed by atoms with Gasteiger partial charge >= 0.3 is 0 Å². The molecule has 4 rings (SSSR count). The number of carbonyl (C=O) groups is 2. The number of rotatable bonds is 5. The lowest BCUT2D eigenvalue weighted by molar-refractivity contribution is -0.115. The van der Waals surface area contributed by atoms with Gasteiger partial charge in [0.15, 0.2) is 0 Å². The minimum atomic E-state index is -0.210. The van der Waals surface area contributed by atoms with Crippen LogP contribution >= 0.6 is 0 Å². The molecular weight excluding hydrogens is 354 g/mol. The molecule has 0 aliphatic carbocycles. The summed E-state index contributed by atoms with van der Waals surface area (Å²) < 4.78 is 5.47. The van der Waals surface area contributed by atoms with Crippen molar-refractivity contribution in [1.29, 1.82) is 0 Å². The summed E-state index contributed by atoms with van der Waals surface area (Å²) in [4.78, 5) is 31.1. The number of hydrogen-bond donors (Lipinski definition) is 1. The van der Waals surface area contributed by atoms with E-state index in [-0.39, 0.29) is 18.2 Å². The van der Waals surface area contributed by atoms with E-state index in [9.17, 15) is 9.59 Å². The van der Waals surface area contributed by atoms with E-state index in [1.807, 2.05) is 35.2 Å². The van der Waals surface area contributed by atoms with Crippen molar-refractivity contribution in [2.45, 2.75) is 19.3 Å². The fourth-order valence-electron chi connectivity index (χ4n) is 3.30. The van der Waals surface area contributed by atoms with Crippen molar-refractivity contribution in [3.8, 4) is 11.5 Å². The van der Waals surface area contributed by atoms with Gasteiger partial charge in [-0.1, -0.05) is 24.3 Å². The van der Waals surface area contributed by atoms with Gasteiger partial charge in [-0.2, -0.15) is 0 Å². The van der Waals surface area contributed by atoms with Crippen LogP contribution < -0.4 is 5.32 Å². The zero-order valence-corrected chi connectivity index (χ0v) is 15.4. The number of carbonyl (C=O) groups excluding carboxylic acids is 2. The predicted molar refractivity (Wildman–Crippen MR) is 106 cm³/mol. The Kier molecular flexibility index (Phi) is 5.19. The van der Waals surface area contributed by atoms with E-state index in [0.29, 0.717) is 22.8 Å². The molecule has 2 amide bonds. The van der Waals surface area contributed by atoms with Crippen molar-refractivity contribution in [1.82, 2.24) is 9.88 Å². The number of benzene rings is 2. The maximum absolute atomic E-state index is 12.5. The van der Waals surface area contributed by atoms with Crippen LogP contribution in [0.5, 0.6) is 0 Å². The summed E-state index contributed by atoms with van der Waals surface area (Å²) in [6.45, 7) is 1.59. The van der Waals surface area contributed by atoms with E-state index in [0.717, 1.165) is 31.5 Å². The van der Waals surface area contributed by atoms with Crippen LogP contribution in [0.4, 0.5) is 5.69 Å². The summed E-state index contributed by atoms with van der Waals surface area (Å²) in [7, 11) is 0. The fraction of sp³-hybridized carbons (Fsp3) is 0.227. The lowest BCUT2D eigenvalue weighted by atomic mass is 10.1. The maximum atomic E-state index is 12.5. The highest BCUT2D eigenvalue weighted by Gasteiger charge is 2.19. The first kappa shape index (κ1) is 18.0. The SMILES string of the molecule is O=C(Cc1coc(-c2ccccc2)n1)Nc1cccc(C(=O)N2CCCC2)c1. The number of nitrogens with zero attached hydrogens (tertiary/aromatic N) is 2.